The Morgan fingerprint density at radius 1 is 0.562 bits per heavy atom. The molecule has 0 radical (unpaired) electrons. The molecule has 0 heterocycles. The molecule has 0 amide bonds. The van der Waals surface area contributed by atoms with E-state index in [1.165, 1.54) is 83.2 Å². The first-order valence-corrected chi connectivity index (χ1v) is 8.21. The molecule has 0 aliphatic carbocycles. The molecule has 0 saturated heterocycles. The first-order chi connectivity index (χ1) is 7.41. The van der Waals surface area contributed by atoms with Gasteiger partial charge in [0.25, 0.3) is 0 Å². The molecule has 0 rings (SSSR count). The van der Waals surface area contributed by atoms with Crippen molar-refractivity contribution in [3.05, 3.63) is 0 Å². The molecule has 0 aromatic carbocycles. The van der Waals surface area contributed by atoms with Crippen LogP contribution in [0.1, 0.15) is 84.0 Å². The number of hydrogen-bond acceptors (Lipinski definition) is 0. The van der Waals surface area contributed by atoms with Crippen LogP contribution in [0.25, 0.3) is 0 Å². The van der Waals surface area contributed by atoms with Crippen molar-refractivity contribution in [2.75, 3.05) is 6.16 Å². The molecule has 0 fully saturated rings. The maximum atomic E-state index is 2.29. The zero-order valence-corrected chi connectivity index (χ0v) is 13.4. The van der Waals surface area contributed by atoms with Gasteiger partial charge < -0.3 is 12.4 Å². The molecule has 0 aromatic heterocycles. The van der Waals surface area contributed by atoms with Gasteiger partial charge in [-0.3, -0.25) is 0 Å². The second-order valence-corrected chi connectivity index (χ2v) is 5.45. The topological polar surface area (TPSA) is 0 Å². The summed E-state index contributed by atoms with van der Waals surface area (Å²) >= 11 is 0. The van der Waals surface area contributed by atoms with Gasteiger partial charge in [-0.05, 0) is 22.1 Å². The summed E-state index contributed by atoms with van der Waals surface area (Å²) in [4.78, 5) is 0. The second kappa shape index (κ2) is 18.1. The number of rotatable bonds is 12. The third kappa shape index (κ3) is 17.1. The third-order valence-corrected chi connectivity index (χ3v) is 3.60. The van der Waals surface area contributed by atoms with Gasteiger partial charge >= 0.3 is 0 Å². The monoisotopic (exact) mass is 266 g/mol. The lowest BCUT2D eigenvalue weighted by Gasteiger charge is -2.01. The molecular formula is C14H32ClP. The minimum Gasteiger partial charge on any atom is -1.00 e. The average Bonchev–Trinajstić information content (AvgIpc) is 2.26. The average molecular weight is 267 g/mol. The highest BCUT2D eigenvalue weighted by Gasteiger charge is 1.92. The van der Waals surface area contributed by atoms with Gasteiger partial charge in [0.05, 0.1) is 6.16 Å². The standard InChI is InChI=1S/C14H31P.ClH/c1-2-3-4-5-6-7-8-9-10-11-12-13-14-15;/h2-15H2,1H3;1H. The molecule has 0 nitrogen and oxygen atoms in total. The molecule has 2 heteroatoms. The quantitative estimate of drug-likeness (QED) is 0.376. The summed E-state index contributed by atoms with van der Waals surface area (Å²) in [6, 6.07) is 0. The molecule has 0 bridgehead atoms. The Morgan fingerprint density at radius 3 is 1.19 bits per heavy atom. The van der Waals surface area contributed by atoms with Crippen molar-refractivity contribution >= 4 is 9.24 Å². The molecule has 0 spiro atoms. The summed E-state index contributed by atoms with van der Waals surface area (Å²) in [7, 11) is 2.11. The first-order valence-electron chi connectivity index (χ1n) is 7.21. The van der Waals surface area contributed by atoms with Crippen molar-refractivity contribution in [1.82, 2.24) is 0 Å². The Labute approximate surface area is 112 Å². The predicted molar refractivity (Wildman–Crippen MR) is 77.1 cm³/mol. The van der Waals surface area contributed by atoms with Crippen LogP contribution in [0.5, 0.6) is 0 Å². The van der Waals surface area contributed by atoms with E-state index in [4.69, 9.17) is 0 Å². The zero-order chi connectivity index (χ0) is 11.2. The van der Waals surface area contributed by atoms with Crippen LogP contribution in [0.3, 0.4) is 0 Å². The van der Waals surface area contributed by atoms with Gasteiger partial charge in [0.15, 0.2) is 0 Å². The van der Waals surface area contributed by atoms with Crippen molar-refractivity contribution < 1.29 is 12.4 Å². The maximum absolute atomic E-state index is 2.29. The molecule has 1 atom stereocenters. The van der Waals surface area contributed by atoms with Gasteiger partial charge in [-0.2, -0.15) is 0 Å². The normalized spacial score (nSPS) is 10.3. The Balaban J connectivity index is 0. The minimum absolute atomic E-state index is 0. The van der Waals surface area contributed by atoms with Gasteiger partial charge in [-0.15, -0.1) is 0 Å². The van der Waals surface area contributed by atoms with Crippen LogP contribution in [0, 0.1) is 0 Å². The maximum Gasteiger partial charge on any atom is 0.0526 e. The van der Waals surface area contributed by atoms with Crippen molar-refractivity contribution in [1.29, 1.82) is 0 Å². The highest BCUT2D eigenvalue weighted by Crippen LogP contribution is 2.11. The summed E-state index contributed by atoms with van der Waals surface area (Å²) in [5, 5.41) is 0. The Kier molecular flexibility index (Phi) is 21.6. The van der Waals surface area contributed by atoms with Crippen molar-refractivity contribution in [2.24, 2.45) is 0 Å². The largest absolute Gasteiger partial charge is 1.00 e. The molecule has 100 valence electrons. The SMILES string of the molecule is CCCCCCCCCCCCCC[PH3+].[Cl-]. The summed E-state index contributed by atoms with van der Waals surface area (Å²) in [5.74, 6) is 0. The Hall–Kier alpha value is 0.720. The van der Waals surface area contributed by atoms with Crippen molar-refractivity contribution in [3.8, 4) is 0 Å². The smallest absolute Gasteiger partial charge is 0.0526 e. The molecule has 16 heavy (non-hydrogen) atoms. The van der Waals surface area contributed by atoms with E-state index in [2.05, 4.69) is 16.2 Å². The summed E-state index contributed by atoms with van der Waals surface area (Å²) in [6.45, 7) is 2.29. The molecule has 0 aromatic rings. The fourth-order valence-corrected chi connectivity index (χ4v) is 2.37. The van der Waals surface area contributed by atoms with E-state index in [-0.39, 0.29) is 12.4 Å². The lowest BCUT2D eigenvalue weighted by molar-refractivity contribution is -0.00000330. The van der Waals surface area contributed by atoms with E-state index in [0.29, 0.717) is 0 Å². The van der Waals surface area contributed by atoms with Gasteiger partial charge in [-0.25, -0.2) is 0 Å². The second-order valence-electron chi connectivity index (χ2n) is 4.74. The minimum atomic E-state index is 0. The van der Waals surface area contributed by atoms with Gasteiger partial charge in [0.2, 0.25) is 0 Å². The lowest BCUT2D eigenvalue weighted by atomic mass is 10.1. The molecule has 0 aliphatic heterocycles. The molecule has 0 aliphatic rings. The Bertz CT molecular complexity index is 94.9. The lowest BCUT2D eigenvalue weighted by Crippen LogP contribution is -3.00. The van der Waals surface area contributed by atoms with Crippen molar-refractivity contribution in [2.45, 2.75) is 84.0 Å². The number of hydrogen-bond donors (Lipinski definition) is 0. The van der Waals surface area contributed by atoms with Crippen LogP contribution in [-0.2, 0) is 0 Å². The van der Waals surface area contributed by atoms with E-state index in [1.807, 2.05) is 0 Å². The summed E-state index contributed by atoms with van der Waals surface area (Å²) in [5.41, 5.74) is 0. The van der Waals surface area contributed by atoms with Gasteiger partial charge in [0, 0.05) is 0 Å². The highest BCUT2D eigenvalue weighted by molar-refractivity contribution is 7.16. The highest BCUT2D eigenvalue weighted by atomic mass is 35.5. The van der Waals surface area contributed by atoms with Crippen LogP contribution in [0.15, 0.2) is 0 Å². The van der Waals surface area contributed by atoms with Crippen LogP contribution in [0.2, 0.25) is 0 Å². The van der Waals surface area contributed by atoms with Gasteiger partial charge in [0.1, 0.15) is 0 Å². The van der Waals surface area contributed by atoms with Crippen LogP contribution < -0.4 is 12.4 Å². The molecule has 1 unspecified atom stereocenters. The van der Waals surface area contributed by atoms with Gasteiger partial charge in [-0.1, -0.05) is 71.1 Å². The Morgan fingerprint density at radius 2 is 0.875 bits per heavy atom. The van der Waals surface area contributed by atoms with Crippen LogP contribution in [-0.4, -0.2) is 6.16 Å². The van der Waals surface area contributed by atoms with Crippen molar-refractivity contribution in [3.63, 3.8) is 0 Å². The molecular weight excluding hydrogens is 235 g/mol. The fraction of sp³-hybridized carbons (Fsp3) is 1.00. The molecule has 0 N–H and O–H groups in total. The summed E-state index contributed by atoms with van der Waals surface area (Å²) < 4.78 is 0. The number of unbranched alkanes of at least 4 members (excludes halogenated alkanes) is 11. The van der Waals surface area contributed by atoms with Crippen LogP contribution in [0.4, 0.5) is 0 Å². The summed E-state index contributed by atoms with van der Waals surface area (Å²) in [6.07, 6.45) is 19.0. The van der Waals surface area contributed by atoms with E-state index in [1.54, 1.807) is 0 Å². The fourth-order valence-electron chi connectivity index (χ4n) is 2.02. The predicted octanol–water partition coefficient (Wildman–Crippen LogP) is 2.30. The van der Waals surface area contributed by atoms with E-state index < -0.39 is 0 Å². The first kappa shape index (κ1) is 19.1. The third-order valence-electron chi connectivity index (χ3n) is 3.10. The zero-order valence-electron chi connectivity index (χ0n) is 11.3. The van der Waals surface area contributed by atoms with Crippen LogP contribution >= 0.6 is 9.24 Å². The molecule has 0 saturated carbocycles. The van der Waals surface area contributed by atoms with E-state index >= 15 is 0 Å². The van der Waals surface area contributed by atoms with E-state index in [9.17, 15) is 0 Å². The van der Waals surface area contributed by atoms with E-state index in [0.717, 1.165) is 0 Å². The number of halogens is 1.